The van der Waals surface area contributed by atoms with Crippen LogP contribution in [0, 0.1) is 5.82 Å². The second-order valence-corrected chi connectivity index (χ2v) is 5.78. The molecule has 1 unspecified atom stereocenters. The molecule has 1 atom stereocenters. The Kier molecular flexibility index (Phi) is 5.31. The maximum atomic E-state index is 13.3. The molecule has 1 N–H and O–H groups in total. The normalized spacial score (nSPS) is 12.6. The lowest BCUT2D eigenvalue weighted by Gasteiger charge is -2.17. The first-order chi connectivity index (χ1) is 9.60. The fraction of sp³-hybridized carbons (Fsp3) is 0.400. The quantitative estimate of drug-likeness (QED) is 0.871. The molecular weight excluding hydrogens is 321 g/mol. The zero-order valence-electron chi connectivity index (χ0n) is 11.7. The Morgan fingerprint density at radius 3 is 2.85 bits per heavy atom. The summed E-state index contributed by atoms with van der Waals surface area (Å²) >= 11 is 3.23. The van der Waals surface area contributed by atoms with E-state index in [1.807, 2.05) is 29.9 Å². The van der Waals surface area contributed by atoms with Gasteiger partial charge in [-0.05, 0) is 53.0 Å². The maximum absolute atomic E-state index is 13.3. The average molecular weight is 340 g/mol. The lowest BCUT2D eigenvalue weighted by molar-refractivity contribution is 0.518. The van der Waals surface area contributed by atoms with Gasteiger partial charge in [-0.1, -0.05) is 13.0 Å². The molecule has 0 spiro atoms. The molecule has 0 aliphatic rings. The molecule has 0 aliphatic carbocycles. The van der Waals surface area contributed by atoms with Crippen molar-refractivity contribution in [2.45, 2.75) is 25.8 Å². The van der Waals surface area contributed by atoms with Crippen LogP contribution in [0.2, 0.25) is 0 Å². The number of aryl methyl sites for hydroxylation is 1. The molecule has 1 heterocycles. The van der Waals surface area contributed by atoms with Gasteiger partial charge in [0, 0.05) is 13.2 Å². The van der Waals surface area contributed by atoms with Crippen LogP contribution in [0.1, 0.15) is 30.6 Å². The third-order valence-corrected chi connectivity index (χ3v) is 3.75. The van der Waals surface area contributed by atoms with Crippen LogP contribution in [0.15, 0.2) is 35.2 Å². The molecule has 1 aromatic heterocycles. The largest absolute Gasteiger partial charge is 0.340 e. The highest BCUT2D eigenvalue weighted by Crippen LogP contribution is 2.21. The molecule has 3 nitrogen and oxygen atoms in total. The van der Waals surface area contributed by atoms with Crippen molar-refractivity contribution in [3.63, 3.8) is 0 Å². The van der Waals surface area contributed by atoms with Gasteiger partial charge in [-0.2, -0.15) is 0 Å². The van der Waals surface area contributed by atoms with Gasteiger partial charge in [0.2, 0.25) is 0 Å². The summed E-state index contributed by atoms with van der Waals surface area (Å²) in [5.74, 6) is -0.232. The summed E-state index contributed by atoms with van der Waals surface area (Å²) < 4.78 is 15.7. The van der Waals surface area contributed by atoms with Crippen LogP contribution in [0.5, 0.6) is 0 Å². The number of nitrogens with one attached hydrogen (secondary N) is 1. The molecule has 2 rings (SSSR count). The second-order valence-electron chi connectivity index (χ2n) is 4.92. The molecule has 0 bridgehead atoms. The van der Waals surface area contributed by atoms with E-state index < -0.39 is 0 Å². The summed E-state index contributed by atoms with van der Waals surface area (Å²) in [6.07, 6.45) is 5.68. The number of benzene rings is 1. The van der Waals surface area contributed by atoms with Gasteiger partial charge in [-0.15, -0.1) is 0 Å². The third-order valence-electron chi connectivity index (χ3n) is 3.15. The highest BCUT2D eigenvalue weighted by molar-refractivity contribution is 9.10. The summed E-state index contributed by atoms with van der Waals surface area (Å²) in [4.78, 5) is 4.42. The van der Waals surface area contributed by atoms with Crippen LogP contribution >= 0.6 is 15.9 Å². The molecule has 0 fully saturated rings. The number of aromatic nitrogens is 2. The van der Waals surface area contributed by atoms with E-state index in [0.717, 1.165) is 30.6 Å². The van der Waals surface area contributed by atoms with Gasteiger partial charge in [0.05, 0.1) is 22.5 Å². The number of halogens is 2. The second kappa shape index (κ2) is 6.99. The number of hydrogen-bond donors (Lipinski definition) is 1. The topological polar surface area (TPSA) is 29.9 Å². The first kappa shape index (κ1) is 15.2. The minimum Gasteiger partial charge on any atom is -0.340 e. The number of hydrogen-bond acceptors (Lipinski definition) is 2. The van der Waals surface area contributed by atoms with E-state index in [9.17, 15) is 4.39 Å². The zero-order chi connectivity index (χ0) is 14.5. The van der Waals surface area contributed by atoms with Crippen molar-refractivity contribution in [1.82, 2.24) is 14.9 Å². The van der Waals surface area contributed by atoms with Crippen LogP contribution in [-0.2, 0) is 13.5 Å². The highest BCUT2D eigenvalue weighted by atomic mass is 79.9. The molecule has 5 heteroatoms. The van der Waals surface area contributed by atoms with Crippen LogP contribution in [0.4, 0.5) is 4.39 Å². The van der Waals surface area contributed by atoms with E-state index in [2.05, 4.69) is 33.2 Å². The molecule has 0 radical (unpaired) electrons. The highest BCUT2D eigenvalue weighted by Gasteiger charge is 2.14. The Balaban J connectivity index is 2.16. The van der Waals surface area contributed by atoms with Crippen molar-refractivity contribution in [2.75, 3.05) is 6.54 Å². The summed E-state index contributed by atoms with van der Waals surface area (Å²) in [5.41, 5.74) is 2.10. The summed E-state index contributed by atoms with van der Waals surface area (Å²) in [6, 6.07) is 5.30. The summed E-state index contributed by atoms with van der Waals surface area (Å²) in [7, 11) is 1.96. The molecule has 108 valence electrons. The summed E-state index contributed by atoms with van der Waals surface area (Å²) in [5, 5.41) is 3.50. The van der Waals surface area contributed by atoms with Crippen LogP contribution < -0.4 is 5.32 Å². The number of nitrogens with zero attached hydrogens (tertiary/aromatic N) is 2. The number of rotatable bonds is 6. The molecule has 2 aromatic rings. The lowest BCUT2D eigenvalue weighted by atomic mass is 10.0. The van der Waals surface area contributed by atoms with Gasteiger partial charge >= 0.3 is 0 Å². The predicted molar refractivity (Wildman–Crippen MR) is 82.0 cm³/mol. The SMILES string of the molecule is CCCNC(Cc1ccc(F)c(Br)c1)c1cn(C)cn1. The Bertz CT molecular complexity index is 568. The Labute approximate surface area is 127 Å². The standard InChI is InChI=1S/C15H19BrFN3/c1-3-6-18-14(15-9-20(2)10-19-15)8-11-4-5-13(17)12(16)7-11/h4-5,7,9-10,14,18H,3,6,8H2,1-2H3. The van der Waals surface area contributed by atoms with E-state index >= 15 is 0 Å². The van der Waals surface area contributed by atoms with Crippen molar-refractivity contribution in [3.05, 3.63) is 52.3 Å². The van der Waals surface area contributed by atoms with Gasteiger partial charge in [0.25, 0.3) is 0 Å². The van der Waals surface area contributed by atoms with Crippen LogP contribution in [-0.4, -0.2) is 16.1 Å². The molecule has 20 heavy (non-hydrogen) atoms. The monoisotopic (exact) mass is 339 g/mol. The van der Waals surface area contributed by atoms with Gasteiger partial charge in [0.1, 0.15) is 5.82 Å². The molecule has 0 saturated carbocycles. The van der Waals surface area contributed by atoms with E-state index in [-0.39, 0.29) is 11.9 Å². The van der Waals surface area contributed by atoms with Gasteiger partial charge < -0.3 is 9.88 Å². The Morgan fingerprint density at radius 1 is 1.45 bits per heavy atom. The molecule has 1 aromatic carbocycles. The van der Waals surface area contributed by atoms with E-state index in [1.54, 1.807) is 6.33 Å². The first-order valence-corrected chi connectivity index (χ1v) is 7.54. The first-order valence-electron chi connectivity index (χ1n) is 6.75. The minimum absolute atomic E-state index is 0.147. The average Bonchev–Trinajstić information content (AvgIpc) is 2.85. The van der Waals surface area contributed by atoms with Gasteiger partial charge in [0.15, 0.2) is 0 Å². The van der Waals surface area contributed by atoms with Crippen molar-refractivity contribution < 1.29 is 4.39 Å². The molecule has 0 saturated heterocycles. The zero-order valence-corrected chi connectivity index (χ0v) is 13.3. The molecular formula is C15H19BrFN3. The minimum atomic E-state index is -0.232. The fourth-order valence-electron chi connectivity index (χ4n) is 2.12. The van der Waals surface area contributed by atoms with Crippen molar-refractivity contribution in [2.24, 2.45) is 7.05 Å². The van der Waals surface area contributed by atoms with Crippen LogP contribution in [0.25, 0.3) is 0 Å². The van der Waals surface area contributed by atoms with Gasteiger partial charge in [-0.3, -0.25) is 0 Å². The lowest BCUT2D eigenvalue weighted by Crippen LogP contribution is -2.24. The summed E-state index contributed by atoms with van der Waals surface area (Å²) in [6.45, 7) is 3.07. The van der Waals surface area contributed by atoms with Crippen molar-refractivity contribution >= 4 is 15.9 Å². The van der Waals surface area contributed by atoms with Crippen molar-refractivity contribution in [3.8, 4) is 0 Å². The fourth-order valence-corrected chi connectivity index (χ4v) is 2.54. The maximum Gasteiger partial charge on any atom is 0.137 e. The number of imidazole rings is 1. The predicted octanol–water partition coefficient (Wildman–Crippen LogP) is 3.61. The van der Waals surface area contributed by atoms with E-state index in [4.69, 9.17) is 0 Å². The Morgan fingerprint density at radius 2 is 2.25 bits per heavy atom. The molecule has 0 amide bonds. The Hall–Kier alpha value is -1.20. The van der Waals surface area contributed by atoms with Crippen molar-refractivity contribution in [1.29, 1.82) is 0 Å². The third kappa shape index (κ3) is 3.90. The van der Waals surface area contributed by atoms with Gasteiger partial charge in [-0.25, -0.2) is 9.37 Å². The van der Waals surface area contributed by atoms with E-state index in [1.165, 1.54) is 6.07 Å². The molecule has 0 aliphatic heterocycles. The van der Waals surface area contributed by atoms with Crippen LogP contribution in [0.3, 0.4) is 0 Å². The van der Waals surface area contributed by atoms with E-state index in [0.29, 0.717) is 4.47 Å². The smallest absolute Gasteiger partial charge is 0.137 e.